The minimum Gasteiger partial charge on any atom is -0.301 e. The number of carbonyl (C=O) groups is 1. The molecule has 0 saturated heterocycles. The number of halogens is 1. The van der Waals surface area contributed by atoms with Gasteiger partial charge in [-0.1, -0.05) is 24.3 Å². The molecule has 3 heteroatoms. The number of carbonyl (C=O) groups excluding carboxylic acids is 1. The van der Waals surface area contributed by atoms with Gasteiger partial charge in [-0.2, -0.15) is 0 Å². The van der Waals surface area contributed by atoms with Crippen molar-refractivity contribution >= 4 is 17.9 Å². The van der Waals surface area contributed by atoms with Gasteiger partial charge < -0.3 is 4.79 Å². The highest BCUT2D eigenvalue weighted by atomic mass is 35.5. The van der Waals surface area contributed by atoms with Crippen molar-refractivity contribution in [3.8, 4) is 0 Å². The monoisotopic (exact) mass is 235 g/mol. The fourth-order valence-electron chi connectivity index (χ4n) is 2.69. The van der Waals surface area contributed by atoms with Crippen LogP contribution in [-0.4, -0.2) is 16.2 Å². The molecule has 1 saturated carbocycles. The highest BCUT2D eigenvalue weighted by Crippen LogP contribution is 2.54. The summed E-state index contributed by atoms with van der Waals surface area (Å²) in [4.78, 5) is 13.3. The Labute approximate surface area is 100 Å². The van der Waals surface area contributed by atoms with E-state index in [1.165, 1.54) is 5.56 Å². The van der Waals surface area contributed by atoms with Gasteiger partial charge in [-0.05, 0) is 30.9 Å². The first-order chi connectivity index (χ1) is 7.60. The molecule has 84 valence electrons. The molecule has 0 aromatic heterocycles. The van der Waals surface area contributed by atoms with Crippen molar-refractivity contribution in [1.29, 1.82) is 0 Å². The quantitative estimate of drug-likeness (QED) is 0.446. The second-order valence-corrected chi connectivity index (χ2v) is 5.63. The average molecular weight is 236 g/mol. The molecule has 2 aliphatic rings. The molecule has 0 amide bonds. The lowest BCUT2D eigenvalue weighted by atomic mass is 9.93. The van der Waals surface area contributed by atoms with Crippen LogP contribution < -0.4 is 0 Å². The van der Waals surface area contributed by atoms with Gasteiger partial charge in [0.15, 0.2) is 0 Å². The van der Waals surface area contributed by atoms with Crippen LogP contribution in [0.25, 0.3) is 0 Å². The van der Waals surface area contributed by atoms with E-state index in [2.05, 4.69) is 11.0 Å². The molecule has 1 heterocycles. The standard InChI is InChI=1S/C13H14ClNO/c1-12(9-16)11-5-3-2-4-10(11)8-15(12)13(14)6-7-13/h2-5,9H,6-8H2,1H3. The van der Waals surface area contributed by atoms with E-state index < -0.39 is 5.54 Å². The maximum absolute atomic E-state index is 11.5. The summed E-state index contributed by atoms with van der Waals surface area (Å²) in [6, 6.07) is 8.12. The smallest absolute Gasteiger partial charge is 0.144 e. The number of hydrogen-bond donors (Lipinski definition) is 0. The number of alkyl halides is 1. The van der Waals surface area contributed by atoms with E-state index in [0.29, 0.717) is 0 Å². The fourth-order valence-corrected chi connectivity index (χ4v) is 3.02. The molecule has 0 bridgehead atoms. The van der Waals surface area contributed by atoms with Gasteiger partial charge in [0.1, 0.15) is 11.8 Å². The summed E-state index contributed by atoms with van der Waals surface area (Å²) in [5.74, 6) is 0. The van der Waals surface area contributed by atoms with E-state index >= 15 is 0 Å². The predicted molar refractivity (Wildman–Crippen MR) is 63.2 cm³/mol. The molecule has 1 fully saturated rings. The van der Waals surface area contributed by atoms with Crippen LogP contribution >= 0.6 is 11.6 Å². The Morgan fingerprint density at radius 1 is 1.38 bits per heavy atom. The van der Waals surface area contributed by atoms with Crippen LogP contribution in [0.4, 0.5) is 0 Å². The first-order valence-corrected chi connectivity index (χ1v) is 5.99. The number of nitrogens with zero attached hydrogens (tertiary/aromatic N) is 1. The van der Waals surface area contributed by atoms with E-state index in [-0.39, 0.29) is 5.00 Å². The molecule has 16 heavy (non-hydrogen) atoms. The van der Waals surface area contributed by atoms with Crippen LogP contribution in [0.15, 0.2) is 24.3 Å². The molecule has 1 aromatic rings. The number of fused-ring (bicyclic) bond motifs is 1. The van der Waals surface area contributed by atoms with Crippen molar-refractivity contribution in [2.75, 3.05) is 0 Å². The second kappa shape index (κ2) is 3.08. The molecule has 0 spiro atoms. The first-order valence-electron chi connectivity index (χ1n) is 5.61. The maximum Gasteiger partial charge on any atom is 0.144 e. The lowest BCUT2D eigenvalue weighted by Crippen LogP contribution is -2.45. The molecule has 1 aliphatic carbocycles. The van der Waals surface area contributed by atoms with Gasteiger partial charge in [-0.3, -0.25) is 4.90 Å². The lowest BCUT2D eigenvalue weighted by Gasteiger charge is -2.34. The SMILES string of the molecule is CC1(C=O)c2ccccc2CN1C1(Cl)CC1. The van der Waals surface area contributed by atoms with E-state index in [1.54, 1.807) is 0 Å². The largest absolute Gasteiger partial charge is 0.301 e. The third kappa shape index (κ3) is 1.20. The molecule has 1 atom stereocenters. The number of hydrogen-bond acceptors (Lipinski definition) is 2. The molecule has 1 aliphatic heterocycles. The van der Waals surface area contributed by atoms with E-state index in [1.807, 2.05) is 25.1 Å². The third-order valence-electron chi connectivity index (χ3n) is 3.83. The number of aldehydes is 1. The highest BCUT2D eigenvalue weighted by molar-refractivity contribution is 6.25. The average Bonchev–Trinajstić information content (AvgIpc) is 2.96. The van der Waals surface area contributed by atoms with Gasteiger partial charge in [0, 0.05) is 6.54 Å². The molecule has 1 unspecified atom stereocenters. The Kier molecular flexibility index (Phi) is 1.99. The topological polar surface area (TPSA) is 20.3 Å². The molecule has 0 radical (unpaired) electrons. The Bertz CT molecular complexity index is 455. The fraction of sp³-hybridized carbons (Fsp3) is 0.462. The Hall–Kier alpha value is -0.860. The van der Waals surface area contributed by atoms with Crippen molar-refractivity contribution in [3.63, 3.8) is 0 Å². The maximum atomic E-state index is 11.5. The molecular formula is C13H14ClNO. The summed E-state index contributed by atoms with van der Waals surface area (Å²) in [5.41, 5.74) is 1.79. The minimum absolute atomic E-state index is 0.283. The number of rotatable bonds is 2. The van der Waals surface area contributed by atoms with Gasteiger partial charge in [0.05, 0.1) is 5.00 Å². The van der Waals surface area contributed by atoms with Crippen LogP contribution in [0.5, 0.6) is 0 Å². The van der Waals surface area contributed by atoms with Gasteiger partial charge in [0.25, 0.3) is 0 Å². The molecule has 0 N–H and O–H groups in total. The van der Waals surface area contributed by atoms with Crippen LogP contribution in [0, 0.1) is 0 Å². The Balaban J connectivity index is 2.11. The van der Waals surface area contributed by atoms with Crippen molar-refractivity contribution < 1.29 is 4.79 Å². The van der Waals surface area contributed by atoms with Crippen molar-refractivity contribution in [1.82, 2.24) is 4.90 Å². The Morgan fingerprint density at radius 3 is 2.69 bits per heavy atom. The molecular weight excluding hydrogens is 222 g/mol. The Morgan fingerprint density at radius 2 is 2.06 bits per heavy atom. The van der Waals surface area contributed by atoms with E-state index in [0.717, 1.165) is 31.2 Å². The summed E-state index contributed by atoms with van der Waals surface area (Å²) < 4.78 is 0. The third-order valence-corrected chi connectivity index (χ3v) is 4.41. The van der Waals surface area contributed by atoms with Crippen LogP contribution in [0.2, 0.25) is 0 Å². The van der Waals surface area contributed by atoms with Crippen LogP contribution in [0.3, 0.4) is 0 Å². The van der Waals surface area contributed by atoms with Gasteiger partial charge in [0.2, 0.25) is 0 Å². The van der Waals surface area contributed by atoms with E-state index in [4.69, 9.17) is 11.6 Å². The second-order valence-electron chi connectivity index (χ2n) is 4.93. The van der Waals surface area contributed by atoms with Crippen molar-refractivity contribution in [2.45, 2.75) is 36.8 Å². The van der Waals surface area contributed by atoms with Gasteiger partial charge >= 0.3 is 0 Å². The molecule has 1 aromatic carbocycles. The van der Waals surface area contributed by atoms with E-state index in [9.17, 15) is 4.79 Å². The number of benzene rings is 1. The van der Waals surface area contributed by atoms with Crippen molar-refractivity contribution in [2.24, 2.45) is 0 Å². The molecule has 2 nitrogen and oxygen atoms in total. The van der Waals surface area contributed by atoms with Crippen LogP contribution in [-0.2, 0) is 16.9 Å². The normalized spacial score (nSPS) is 31.1. The summed E-state index contributed by atoms with van der Waals surface area (Å²) in [6.45, 7) is 2.75. The zero-order chi connectivity index (χ0) is 11.4. The minimum atomic E-state index is -0.547. The first kappa shape index (κ1) is 10.3. The van der Waals surface area contributed by atoms with Crippen LogP contribution in [0.1, 0.15) is 30.9 Å². The van der Waals surface area contributed by atoms with Crippen molar-refractivity contribution in [3.05, 3.63) is 35.4 Å². The summed E-state index contributed by atoms with van der Waals surface area (Å²) in [7, 11) is 0. The molecule has 3 rings (SSSR count). The highest BCUT2D eigenvalue weighted by Gasteiger charge is 2.56. The summed E-state index contributed by atoms with van der Waals surface area (Å²) >= 11 is 6.47. The zero-order valence-corrected chi connectivity index (χ0v) is 10.00. The van der Waals surface area contributed by atoms with Gasteiger partial charge in [-0.15, -0.1) is 11.6 Å². The summed E-state index contributed by atoms with van der Waals surface area (Å²) in [5, 5.41) is 0. The summed E-state index contributed by atoms with van der Waals surface area (Å²) in [6.07, 6.45) is 2.99. The van der Waals surface area contributed by atoms with Gasteiger partial charge in [-0.25, -0.2) is 0 Å². The lowest BCUT2D eigenvalue weighted by molar-refractivity contribution is -0.118. The zero-order valence-electron chi connectivity index (χ0n) is 9.24. The predicted octanol–water partition coefficient (Wildman–Crippen LogP) is 2.65.